The standard InChI is InChI=1S/C15H24N2O3/c1-10-6-12(8-15(2,3)7-10)19-9-11-4-5-13(20-11)14(18)17-16/h4-5,10,12H,6-9,16H2,1-3H3,(H,17,18). The molecular formula is C15H24N2O3. The Morgan fingerprint density at radius 1 is 1.50 bits per heavy atom. The molecule has 1 aliphatic rings. The van der Waals surface area contributed by atoms with Crippen molar-refractivity contribution in [2.45, 2.75) is 52.7 Å². The number of nitrogens with one attached hydrogen (secondary N) is 1. The average Bonchev–Trinajstić information content (AvgIpc) is 2.82. The largest absolute Gasteiger partial charge is 0.453 e. The zero-order valence-electron chi connectivity index (χ0n) is 12.4. The maximum absolute atomic E-state index is 11.3. The summed E-state index contributed by atoms with van der Waals surface area (Å²) in [7, 11) is 0. The highest BCUT2D eigenvalue weighted by Gasteiger charge is 2.32. The predicted octanol–water partition coefficient (Wildman–Crippen LogP) is 2.61. The third kappa shape index (κ3) is 3.84. The summed E-state index contributed by atoms with van der Waals surface area (Å²) < 4.78 is 11.3. The second-order valence-corrected chi connectivity index (χ2v) is 6.59. The van der Waals surface area contributed by atoms with Crippen LogP contribution in [0.15, 0.2) is 16.5 Å². The molecule has 2 unspecified atom stereocenters. The fourth-order valence-corrected chi connectivity index (χ4v) is 3.23. The van der Waals surface area contributed by atoms with E-state index in [1.807, 2.05) is 5.43 Å². The van der Waals surface area contributed by atoms with Gasteiger partial charge in [0, 0.05) is 0 Å². The van der Waals surface area contributed by atoms with E-state index in [1.165, 1.54) is 6.42 Å². The van der Waals surface area contributed by atoms with Crippen molar-refractivity contribution in [3.8, 4) is 0 Å². The van der Waals surface area contributed by atoms with Crippen LogP contribution in [0.4, 0.5) is 0 Å². The van der Waals surface area contributed by atoms with Gasteiger partial charge in [0.05, 0.1) is 6.10 Å². The van der Waals surface area contributed by atoms with Gasteiger partial charge in [-0.05, 0) is 42.7 Å². The molecule has 0 saturated heterocycles. The zero-order chi connectivity index (χ0) is 14.8. The van der Waals surface area contributed by atoms with Gasteiger partial charge in [-0.2, -0.15) is 0 Å². The Kier molecular flexibility index (Phi) is 4.50. The highest BCUT2D eigenvalue weighted by molar-refractivity contribution is 5.90. The number of carbonyl (C=O) groups is 1. The van der Waals surface area contributed by atoms with Crippen molar-refractivity contribution in [3.63, 3.8) is 0 Å². The first-order chi connectivity index (χ1) is 9.39. The van der Waals surface area contributed by atoms with Crippen LogP contribution in [-0.2, 0) is 11.3 Å². The van der Waals surface area contributed by atoms with Crippen LogP contribution in [0.5, 0.6) is 0 Å². The van der Waals surface area contributed by atoms with Gasteiger partial charge in [-0.3, -0.25) is 10.2 Å². The normalized spacial score (nSPS) is 25.4. The molecule has 0 aromatic carbocycles. The Balaban J connectivity index is 1.88. The molecule has 112 valence electrons. The fourth-order valence-electron chi connectivity index (χ4n) is 3.23. The molecule has 1 heterocycles. The third-order valence-electron chi connectivity index (χ3n) is 3.82. The van der Waals surface area contributed by atoms with E-state index in [2.05, 4.69) is 20.8 Å². The zero-order valence-corrected chi connectivity index (χ0v) is 12.4. The summed E-state index contributed by atoms with van der Waals surface area (Å²) in [4.78, 5) is 11.3. The number of furan rings is 1. The lowest BCUT2D eigenvalue weighted by Crippen LogP contribution is -2.32. The van der Waals surface area contributed by atoms with Crippen LogP contribution in [0.2, 0.25) is 0 Å². The number of hydrazine groups is 1. The van der Waals surface area contributed by atoms with Crippen molar-refractivity contribution in [3.05, 3.63) is 23.7 Å². The first-order valence-corrected chi connectivity index (χ1v) is 7.11. The van der Waals surface area contributed by atoms with Crippen LogP contribution in [-0.4, -0.2) is 12.0 Å². The number of nitrogen functional groups attached to an aromatic ring is 1. The van der Waals surface area contributed by atoms with Crippen molar-refractivity contribution >= 4 is 5.91 Å². The molecule has 0 bridgehead atoms. The number of rotatable bonds is 4. The summed E-state index contributed by atoms with van der Waals surface area (Å²) in [6.07, 6.45) is 3.65. The summed E-state index contributed by atoms with van der Waals surface area (Å²) in [6, 6.07) is 3.36. The lowest BCUT2D eigenvalue weighted by molar-refractivity contribution is -0.0369. The molecule has 3 N–H and O–H groups in total. The Bertz CT molecular complexity index is 467. The molecule has 1 aromatic rings. The predicted molar refractivity (Wildman–Crippen MR) is 75.7 cm³/mol. The van der Waals surface area contributed by atoms with Crippen LogP contribution in [0.3, 0.4) is 0 Å². The first kappa shape index (κ1) is 15.1. The van der Waals surface area contributed by atoms with E-state index in [4.69, 9.17) is 15.0 Å². The van der Waals surface area contributed by atoms with E-state index >= 15 is 0 Å². The minimum Gasteiger partial charge on any atom is -0.453 e. The highest BCUT2D eigenvalue weighted by atomic mass is 16.5. The Labute approximate surface area is 119 Å². The van der Waals surface area contributed by atoms with Gasteiger partial charge in [0.1, 0.15) is 12.4 Å². The van der Waals surface area contributed by atoms with Crippen molar-refractivity contribution in [1.82, 2.24) is 5.43 Å². The van der Waals surface area contributed by atoms with E-state index in [0.717, 1.165) is 12.8 Å². The third-order valence-corrected chi connectivity index (χ3v) is 3.82. The van der Waals surface area contributed by atoms with Crippen LogP contribution < -0.4 is 11.3 Å². The van der Waals surface area contributed by atoms with E-state index < -0.39 is 5.91 Å². The Hall–Kier alpha value is -1.33. The number of hydrogen-bond donors (Lipinski definition) is 2. The first-order valence-electron chi connectivity index (χ1n) is 7.11. The molecule has 1 saturated carbocycles. The van der Waals surface area contributed by atoms with E-state index in [9.17, 15) is 4.79 Å². The summed E-state index contributed by atoms with van der Waals surface area (Å²) in [5, 5.41) is 0. The van der Waals surface area contributed by atoms with E-state index in [-0.39, 0.29) is 11.9 Å². The van der Waals surface area contributed by atoms with Gasteiger partial charge < -0.3 is 9.15 Å². The van der Waals surface area contributed by atoms with Crippen molar-refractivity contribution in [2.75, 3.05) is 0 Å². The van der Waals surface area contributed by atoms with Gasteiger partial charge in [0.25, 0.3) is 0 Å². The highest BCUT2D eigenvalue weighted by Crippen LogP contribution is 2.39. The molecule has 2 atom stereocenters. The SMILES string of the molecule is CC1CC(OCc2ccc(C(=O)NN)o2)CC(C)(C)C1. The molecule has 0 aliphatic heterocycles. The van der Waals surface area contributed by atoms with Gasteiger partial charge >= 0.3 is 5.91 Å². The number of nitrogens with two attached hydrogens (primary N) is 1. The van der Waals surface area contributed by atoms with Crippen molar-refractivity contribution < 1.29 is 13.9 Å². The molecule has 1 aromatic heterocycles. The monoisotopic (exact) mass is 280 g/mol. The molecule has 20 heavy (non-hydrogen) atoms. The second kappa shape index (κ2) is 5.97. The molecule has 2 rings (SSSR count). The number of ether oxygens (including phenoxy) is 1. The van der Waals surface area contributed by atoms with Gasteiger partial charge in [-0.15, -0.1) is 0 Å². The Morgan fingerprint density at radius 2 is 2.25 bits per heavy atom. The molecule has 1 aliphatic carbocycles. The van der Waals surface area contributed by atoms with Gasteiger partial charge in [-0.25, -0.2) is 5.84 Å². The number of amides is 1. The second-order valence-electron chi connectivity index (χ2n) is 6.59. The molecular weight excluding hydrogens is 256 g/mol. The van der Waals surface area contributed by atoms with Crippen LogP contribution >= 0.6 is 0 Å². The number of carbonyl (C=O) groups excluding carboxylic acids is 1. The number of hydrogen-bond acceptors (Lipinski definition) is 4. The minimum atomic E-state index is -0.427. The summed E-state index contributed by atoms with van der Waals surface area (Å²) in [5.41, 5.74) is 2.37. The van der Waals surface area contributed by atoms with Gasteiger partial charge in [0.15, 0.2) is 5.76 Å². The molecule has 1 amide bonds. The summed E-state index contributed by atoms with van der Waals surface area (Å²) >= 11 is 0. The molecule has 0 spiro atoms. The van der Waals surface area contributed by atoms with E-state index in [1.54, 1.807) is 12.1 Å². The van der Waals surface area contributed by atoms with Crippen LogP contribution in [0.25, 0.3) is 0 Å². The fraction of sp³-hybridized carbons (Fsp3) is 0.667. The smallest absolute Gasteiger partial charge is 0.300 e. The van der Waals surface area contributed by atoms with Gasteiger partial charge in [-0.1, -0.05) is 20.8 Å². The molecule has 0 radical (unpaired) electrons. The molecule has 1 fully saturated rings. The van der Waals surface area contributed by atoms with Crippen molar-refractivity contribution in [1.29, 1.82) is 0 Å². The minimum absolute atomic E-state index is 0.212. The maximum atomic E-state index is 11.3. The van der Waals surface area contributed by atoms with Crippen molar-refractivity contribution in [2.24, 2.45) is 17.2 Å². The molecule has 5 nitrogen and oxygen atoms in total. The lowest BCUT2D eigenvalue weighted by Gasteiger charge is -2.38. The lowest BCUT2D eigenvalue weighted by atomic mass is 9.71. The van der Waals surface area contributed by atoms with Crippen LogP contribution in [0.1, 0.15) is 56.3 Å². The topological polar surface area (TPSA) is 77.5 Å². The molecule has 5 heteroatoms. The van der Waals surface area contributed by atoms with E-state index in [0.29, 0.717) is 23.7 Å². The van der Waals surface area contributed by atoms with Gasteiger partial charge in [0.2, 0.25) is 0 Å². The summed E-state index contributed by atoms with van der Waals surface area (Å²) in [6.45, 7) is 7.24. The quantitative estimate of drug-likeness (QED) is 0.505. The van der Waals surface area contributed by atoms with Crippen LogP contribution in [0, 0.1) is 11.3 Å². The Morgan fingerprint density at radius 3 is 2.90 bits per heavy atom. The summed E-state index contributed by atoms with van der Waals surface area (Å²) in [5.74, 6) is 6.17. The maximum Gasteiger partial charge on any atom is 0.300 e. The average molecular weight is 280 g/mol.